The van der Waals surface area contributed by atoms with Crippen molar-refractivity contribution in [2.45, 2.75) is 43.5 Å². The van der Waals surface area contributed by atoms with Crippen LogP contribution in [-0.2, 0) is 10.0 Å². The van der Waals surface area contributed by atoms with Crippen molar-refractivity contribution in [1.29, 1.82) is 0 Å². The van der Waals surface area contributed by atoms with Gasteiger partial charge >= 0.3 is 0 Å². The summed E-state index contributed by atoms with van der Waals surface area (Å²) in [5.74, 6) is 0. The van der Waals surface area contributed by atoms with Crippen LogP contribution in [0.4, 0.5) is 0 Å². The molecule has 0 saturated carbocycles. The first-order chi connectivity index (χ1) is 8.96. The van der Waals surface area contributed by atoms with E-state index in [2.05, 4.69) is 0 Å². The number of sulfonamides is 1. The summed E-state index contributed by atoms with van der Waals surface area (Å²) in [6.45, 7) is 2.61. The lowest BCUT2D eigenvalue weighted by Gasteiger charge is -2.34. The average Bonchev–Trinajstić information content (AvgIpc) is 2.41. The molecule has 0 N–H and O–H groups in total. The SMILES string of the molecule is CC[C@H]1CCCCN1S(=O)(=O)c1ccc(Cl)c(Cl)c1. The summed E-state index contributed by atoms with van der Waals surface area (Å²) in [5.41, 5.74) is 0. The van der Waals surface area contributed by atoms with Crippen LogP contribution in [0.15, 0.2) is 23.1 Å². The molecule has 3 nitrogen and oxygen atoms in total. The van der Waals surface area contributed by atoms with Crippen LogP contribution in [0.25, 0.3) is 0 Å². The molecule has 0 bridgehead atoms. The molecule has 1 aliphatic rings. The Kier molecular flexibility index (Phi) is 4.77. The lowest BCUT2D eigenvalue weighted by molar-refractivity contribution is 0.246. The largest absolute Gasteiger partial charge is 0.243 e. The van der Waals surface area contributed by atoms with E-state index in [4.69, 9.17) is 23.2 Å². The van der Waals surface area contributed by atoms with E-state index in [9.17, 15) is 8.42 Å². The zero-order chi connectivity index (χ0) is 14.0. The number of benzene rings is 1. The third-order valence-corrected chi connectivity index (χ3v) is 6.23. The van der Waals surface area contributed by atoms with Crippen molar-refractivity contribution in [2.75, 3.05) is 6.54 Å². The predicted molar refractivity (Wildman–Crippen MR) is 78.3 cm³/mol. The monoisotopic (exact) mass is 321 g/mol. The fraction of sp³-hybridized carbons (Fsp3) is 0.538. The van der Waals surface area contributed by atoms with Crippen LogP contribution in [0, 0.1) is 0 Å². The number of rotatable bonds is 3. The fourth-order valence-corrected chi connectivity index (χ4v) is 4.63. The van der Waals surface area contributed by atoms with Gasteiger partial charge in [0.1, 0.15) is 0 Å². The molecule has 1 fully saturated rings. The van der Waals surface area contributed by atoms with Crippen LogP contribution in [0.5, 0.6) is 0 Å². The van der Waals surface area contributed by atoms with Gasteiger partial charge in [0.15, 0.2) is 0 Å². The van der Waals surface area contributed by atoms with Crippen LogP contribution in [0.1, 0.15) is 32.6 Å². The third kappa shape index (κ3) is 3.07. The van der Waals surface area contributed by atoms with Gasteiger partial charge in [0.05, 0.1) is 14.9 Å². The highest BCUT2D eigenvalue weighted by Gasteiger charge is 2.32. The molecule has 0 amide bonds. The highest BCUT2D eigenvalue weighted by molar-refractivity contribution is 7.89. The number of nitrogens with zero attached hydrogens (tertiary/aromatic N) is 1. The van der Waals surface area contributed by atoms with E-state index in [1.54, 1.807) is 4.31 Å². The molecule has 2 rings (SSSR count). The number of halogens is 2. The van der Waals surface area contributed by atoms with Gasteiger partial charge in [-0.1, -0.05) is 36.5 Å². The zero-order valence-electron chi connectivity index (χ0n) is 10.8. The highest BCUT2D eigenvalue weighted by Crippen LogP contribution is 2.30. The molecular formula is C13H17Cl2NO2S. The number of piperidine rings is 1. The minimum absolute atomic E-state index is 0.0909. The lowest BCUT2D eigenvalue weighted by Crippen LogP contribution is -2.43. The standard InChI is InChI=1S/C13H17Cl2NO2S/c1-2-10-5-3-4-8-16(10)19(17,18)11-6-7-12(14)13(15)9-11/h6-7,9-10H,2-5,8H2,1H3/t10-/m0/s1. The second-order valence-electron chi connectivity index (χ2n) is 4.75. The van der Waals surface area contributed by atoms with Crippen LogP contribution in [-0.4, -0.2) is 25.3 Å². The van der Waals surface area contributed by atoms with Crippen molar-refractivity contribution >= 4 is 33.2 Å². The Balaban J connectivity index is 2.37. The Morgan fingerprint density at radius 1 is 1.26 bits per heavy atom. The molecule has 1 saturated heterocycles. The van der Waals surface area contributed by atoms with Crippen LogP contribution >= 0.6 is 23.2 Å². The normalized spacial score (nSPS) is 21.5. The molecule has 0 aliphatic carbocycles. The number of hydrogen-bond donors (Lipinski definition) is 0. The molecule has 0 aromatic heterocycles. The molecule has 1 aromatic rings. The van der Waals surface area contributed by atoms with Crippen molar-refractivity contribution in [1.82, 2.24) is 4.31 Å². The van der Waals surface area contributed by atoms with Gasteiger partial charge in [-0.2, -0.15) is 4.31 Å². The Bertz CT molecular complexity index is 560. The van der Waals surface area contributed by atoms with Crippen LogP contribution in [0.3, 0.4) is 0 Å². The molecular weight excluding hydrogens is 305 g/mol. The molecule has 1 aliphatic heterocycles. The molecule has 6 heteroatoms. The molecule has 0 spiro atoms. The molecule has 0 unspecified atom stereocenters. The van der Waals surface area contributed by atoms with E-state index in [1.807, 2.05) is 6.92 Å². The van der Waals surface area contributed by atoms with Crippen molar-refractivity contribution in [3.63, 3.8) is 0 Å². The van der Waals surface area contributed by atoms with Crippen LogP contribution < -0.4 is 0 Å². The topological polar surface area (TPSA) is 37.4 Å². The van der Waals surface area contributed by atoms with E-state index in [1.165, 1.54) is 18.2 Å². The van der Waals surface area contributed by atoms with Gasteiger partial charge in [0.25, 0.3) is 0 Å². The van der Waals surface area contributed by atoms with Crippen LogP contribution in [0.2, 0.25) is 10.0 Å². The van der Waals surface area contributed by atoms with E-state index < -0.39 is 10.0 Å². The summed E-state index contributed by atoms with van der Waals surface area (Å²) in [6.07, 6.45) is 3.76. The van der Waals surface area contributed by atoms with E-state index in [0.717, 1.165) is 25.7 Å². The first-order valence-electron chi connectivity index (χ1n) is 6.43. The Morgan fingerprint density at radius 3 is 2.63 bits per heavy atom. The van der Waals surface area contributed by atoms with E-state index >= 15 is 0 Å². The van der Waals surface area contributed by atoms with E-state index in [-0.39, 0.29) is 16.0 Å². The molecule has 19 heavy (non-hydrogen) atoms. The highest BCUT2D eigenvalue weighted by atomic mass is 35.5. The molecule has 1 atom stereocenters. The smallest absolute Gasteiger partial charge is 0.207 e. The van der Waals surface area contributed by atoms with Gasteiger partial charge in [0.2, 0.25) is 10.0 Å². The predicted octanol–water partition coefficient (Wildman–Crippen LogP) is 3.95. The first-order valence-corrected chi connectivity index (χ1v) is 8.63. The third-order valence-electron chi connectivity index (χ3n) is 3.54. The van der Waals surface area contributed by atoms with Gasteiger partial charge in [0, 0.05) is 12.6 Å². The van der Waals surface area contributed by atoms with Crippen molar-refractivity contribution in [3.05, 3.63) is 28.2 Å². The summed E-state index contributed by atoms with van der Waals surface area (Å²) < 4.78 is 26.9. The lowest BCUT2D eigenvalue weighted by atomic mass is 10.0. The van der Waals surface area contributed by atoms with Gasteiger partial charge in [-0.25, -0.2) is 8.42 Å². The van der Waals surface area contributed by atoms with Crippen molar-refractivity contribution in [2.24, 2.45) is 0 Å². The quantitative estimate of drug-likeness (QED) is 0.845. The molecule has 1 aromatic carbocycles. The first kappa shape index (κ1) is 15.1. The summed E-state index contributed by atoms with van der Waals surface area (Å²) in [6, 6.07) is 4.57. The van der Waals surface area contributed by atoms with E-state index in [0.29, 0.717) is 11.6 Å². The van der Waals surface area contributed by atoms with Crippen molar-refractivity contribution < 1.29 is 8.42 Å². The summed E-state index contributed by atoms with van der Waals surface area (Å²) in [4.78, 5) is 0.224. The van der Waals surface area contributed by atoms with Gasteiger partial charge in [-0.3, -0.25) is 0 Å². The maximum atomic E-state index is 12.6. The zero-order valence-corrected chi connectivity index (χ0v) is 13.1. The van der Waals surface area contributed by atoms with Gasteiger partial charge in [-0.05, 0) is 37.5 Å². The second kappa shape index (κ2) is 6.00. The van der Waals surface area contributed by atoms with Gasteiger partial charge < -0.3 is 0 Å². The second-order valence-corrected chi connectivity index (χ2v) is 7.45. The minimum Gasteiger partial charge on any atom is -0.207 e. The Morgan fingerprint density at radius 2 is 2.00 bits per heavy atom. The Hall–Kier alpha value is -0.290. The summed E-state index contributed by atoms with van der Waals surface area (Å²) in [5, 5.41) is 0.638. The van der Waals surface area contributed by atoms with Crippen molar-refractivity contribution in [3.8, 4) is 0 Å². The Labute approximate surface area is 124 Å². The maximum Gasteiger partial charge on any atom is 0.243 e. The maximum absolute atomic E-state index is 12.6. The number of hydrogen-bond acceptors (Lipinski definition) is 2. The fourth-order valence-electron chi connectivity index (χ4n) is 2.47. The molecule has 0 radical (unpaired) electrons. The minimum atomic E-state index is -3.47. The summed E-state index contributed by atoms with van der Waals surface area (Å²) >= 11 is 11.7. The summed E-state index contributed by atoms with van der Waals surface area (Å²) in [7, 11) is -3.47. The molecule has 106 valence electrons. The van der Waals surface area contributed by atoms with Gasteiger partial charge in [-0.15, -0.1) is 0 Å². The average molecular weight is 322 g/mol. The molecule has 1 heterocycles.